The van der Waals surface area contributed by atoms with E-state index in [1.54, 1.807) is 6.92 Å². The van der Waals surface area contributed by atoms with Gasteiger partial charge in [0, 0.05) is 6.42 Å². The summed E-state index contributed by atoms with van der Waals surface area (Å²) in [5.41, 5.74) is 0. The van der Waals surface area contributed by atoms with Crippen LogP contribution in [-0.4, -0.2) is 12.0 Å². The molecule has 0 unspecified atom stereocenters. The number of hydrogen-bond acceptors (Lipinski definition) is 1. The van der Waals surface area contributed by atoms with Crippen molar-refractivity contribution < 1.29 is 18.0 Å². The van der Waals surface area contributed by atoms with E-state index in [2.05, 4.69) is 0 Å². The molecule has 17 heavy (non-hydrogen) atoms. The van der Waals surface area contributed by atoms with Gasteiger partial charge < -0.3 is 4.79 Å². The molecule has 0 spiro atoms. The molecule has 0 radical (unpaired) electrons. The first-order valence-electron chi connectivity index (χ1n) is 6.45. The van der Waals surface area contributed by atoms with Crippen LogP contribution in [0.15, 0.2) is 0 Å². The van der Waals surface area contributed by atoms with E-state index in [9.17, 15) is 18.0 Å². The molecule has 1 saturated carbocycles. The van der Waals surface area contributed by atoms with Gasteiger partial charge in [-0.15, -0.1) is 0 Å². The number of ketones is 1. The van der Waals surface area contributed by atoms with Gasteiger partial charge in [0.05, 0.1) is 5.92 Å². The molecule has 0 aromatic heterocycles. The lowest BCUT2D eigenvalue weighted by molar-refractivity contribution is -0.184. The fourth-order valence-electron chi connectivity index (χ4n) is 2.59. The standard InChI is InChI=1S/C13H21F3O/c1-10(17)4-2-3-5-11-6-8-12(9-7-11)13(14,15)16/h11-12H,2-9H2,1H3. The lowest BCUT2D eigenvalue weighted by Crippen LogP contribution is -2.27. The first kappa shape index (κ1) is 14.5. The molecule has 1 fully saturated rings. The number of hydrogen-bond donors (Lipinski definition) is 0. The number of carbonyl (C=O) groups excluding carboxylic acids is 1. The monoisotopic (exact) mass is 250 g/mol. The van der Waals surface area contributed by atoms with Gasteiger partial charge in [-0.25, -0.2) is 0 Å². The van der Waals surface area contributed by atoms with Crippen LogP contribution in [-0.2, 0) is 4.79 Å². The molecule has 0 atom stereocenters. The molecule has 0 bridgehead atoms. The minimum atomic E-state index is -4.00. The number of alkyl halides is 3. The summed E-state index contributed by atoms with van der Waals surface area (Å²) in [6.45, 7) is 1.58. The summed E-state index contributed by atoms with van der Waals surface area (Å²) in [5, 5.41) is 0. The Balaban J connectivity index is 2.13. The van der Waals surface area contributed by atoms with Crippen molar-refractivity contribution in [2.75, 3.05) is 0 Å². The lowest BCUT2D eigenvalue weighted by Gasteiger charge is -2.29. The van der Waals surface area contributed by atoms with E-state index in [1.807, 2.05) is 0 Å². The van der Waals surface area contributed by atoms with Gasteiger partial charge in [0.15, 0.2) is 0 Å². The third kappa shape index (κ3) is 5.55. The summed E-state index contributed by atoms with van der Waals surface area (Å²) in [7, 11) is 0. The molecule has 0 heterocycles. The molecule has 1 rings (SSSR count). The van der Waals surface area contributed by atoms with Gasteiger partial charge in [-0.3, -0.25) is 0 Å². The van der Waals surface area contributed by atoms with Crippen molar-refractivity contribution in [1.29, 1.82) is 0 Å². The minimum Gasteiger partial charge on any atom is -0.300 e. The van der Waals surface area contributed by atoms with Gasteiger partial charge in [0.25, 0.3) is 0 Å². The maximum absolute atomic E-state index is 12.4. The summed E-state index contributed by atoms with van der Waals surface area (Å²) in [6.07, 6.45) is 1.43. The Bertz CT molecular complexity index is 240. The van der Waals surface area contributed by atoms with Crippen LogP contribution in [0.4, 0.5) is 13.2 Å². The minimum absolute atomic E-state index is 0.200. The Morgan fingerprint density at radius 3 is 2.18 bits per heavy atom. The van der Waals surface area contributed by atoms with E-state index in [0.717, 1.165) is 19.3 Å². The molecule has 4 heteroatoms. The highest BCUT2D eigenvalue weighted by Gasteiger charge is 2.41. The smallest absolute Gasteiger partial charge is 0.300 e. The predicted octanol–water partition coefficient (Wildman–Crippen LogP) is 4.50. The summed E-state index contributed by atoms with van der Waals surface area (Å²) in [4.78, 5) is 10.7. The normalized spacial score (nSPS) is 25.9. The van der Waals surface area contributed by atoms with E-state index in [0.29, 0.717) is 38.0 Å². The third-order valence-electron chi connectivity index (χ3n) is 3.70. The highest BCUT2D eigenvalue weighted by molar-refractivity contribution is 5.75. The lowest BCUT2D eigenvalue weighted by atomic mass is 9.79. The molecule has 1 nitrogen and oxygen atoms in total. The zero-order valence-corrected chi connectivity index (χ0v) is 10.4. The molecule has 0 aromatic carbocycles. The largest absolute Gasteiger partial charge is 0.391 e. The van der Waals surface area contributed by atoms with Crippen molar-refractivity contribution in [1.82, 2.24) is 0 Å². The van der Waals surface area contributed by atoms with Crippen LogP contribution in [0.2, 0.25) is 0 Å². The van der Waals surface area contributed by atoms with E-state index >= 15 is 0 Å². The Labute approximate surface area is 101 Å². The number of rotatable bonds is 5. The Morgan fingerprint density at radius 1 is 1.12 bits per heavy atom. The van der Waals surface area contributed by atoms with E-state index < -0.39 is 12.1 Å². The van der Waals surface area contributed by atoms with Crippen molar-refractivity contribution in [2.45, 2.75) is 64.5 Å². The maximum atomic E-state index is 12.4. The molecule has 0 aliphatic heterocycles. The summed E-state index contributed by atoms with van der Waals surface area (Å²) in [5.74, 6) is -0.428. The molecule has 1 aliphatic carbocycles. The molecular weight excluding hydrogens is 229 g/mol. The molecule has 0 saturated heterocycles. The second-order valence-corrected chi connectivity index (χ2v) is 5.21. The number of carbonyl (C=O) groups is 1. The van der Waals surface area contributed by atoms with Crippen molar-refractivity contribution in [3.63, 3.8) is 0 Å². The number of Topliss-reactive ketones (excluding diaryl/α,β-unsaturated/α-hetero) is 1. The highest BCUT2D eigenvalue weighted by Crippen LogP contribution is 2.40. The highest BCUT2D eigenvalue weighted by atomic mass is 19.4. The molecule has 0 aromatic rings. The maximum Gasteiger partial charge on any atom is 0.391 e. The van der Waals surface area contributed by atoms with Gasteiger partial charge in [0.2, 0.25) is 0 Å². The van der Waals surface area contributed by atoms with Crippen LogP contribution < -0.4 is 0 Å². The second kappa shape index (κ2) is 6.41. The van der Waals surface area contributed by atoms with Crippen molar-refractivity contribution in [3.8, 4) is 0 Å². The Kier molecular flexibility index (Phi) is 5.47. The molecule has 1 aliphatic rings. The van der Waals surface area contributed by atoms with Crippen LogP contribution >= 0.6 is 0 Å². The predicted molar refractivity (Wildman–Crippen MR) is 60.7 cm³/mol. The molecule has 0 amide bonds. The van der Waals surface area contributed by atoms with Gasteiger partial charge in [0.1, 0.15) is 5.78 Å². The van der Waals surface area contributed by atoms with E-state index in [-0.39, 0.29) is 5.78 Å². The van der Waals surface area contributed by atoms with Gasteiger partial charge in [-0.2, -0.15) is 13.2 Å². The molecule has 100 valence electrons. The summed E-state index contributed by atoms with van der Waals surface area (Å²) < 4.78 is 37.3. The van der Waals surface area contributed by atoms with Gasteiger partial charge in [-0.05, 0) is 44.9 Å². The summed E-state index contributed by atoms with van der Waals surface area (Å²) in [6, 6.07) is 0. The van der Waals surface area contributed by atoms with Crippen LogP contribution in [0.25, 0.3) is 0 Å². The summed E-state index contributed by atoms with van der Waals surface area (Å²) >= 11 is 0. The average Bonchev–Trinajstić information content (AvgIpc) is 2.23. The van der Waals surface area contributed by atoms with Gasteiger partial charge >= 0.3 is 6.18 Å². The van der Waals surface area contributed by atoms with Crippen molar-refractivity contribution >= 4 is 5.78 Å². The van der Waals surface area contributed by atoms with E-state index in [1.165, 1.54) is 0 Å². The zero-order chi connectivity index (χ0) is 12.9. The first-order chi connectivity index (χ1) is 7.89. The average molecular weight is 250 g/mol. The quantitative estimate of drug-likeness (QED) is 0.656. The van der Waals surface area contributed by atoms with Crippen molar-refractivity contribution in [2.24, 2.45) is 11.8 Å². The second-order valence-electron chi connectivity index (χ2n) is 5.21. The number of unbranched alkanes of at least 4 members (excludes halogenated alkanes) is 1. The zero-order valence-electron chi connectivity index (χ0n) is 10.4. The Morgan fingerprint density at radius 2 is 1.71 bits per heavy atom. The van der Waals surface area contributed by atoms with Crippen LogP contribution in [0.5, 0.6) is 0 Å². The molecular formula is C13H21F3O. The van der Waals surface area contributed by atoms with E-state index in [4.69, 9.17) is 0 Å². The SMILES string of the molecule is CC(=O)CCCCC1CCC(C(F)(F)F)CC1. The van der Waals surface area contributed by atoms with Gasteiger partial charge in [-0.1, -0.05) is 12.8 Å². The number of halogens is 3. The van der Waals surface area contributed by atoms with Crippen LogP contribution in [0, 0.1) is 11.8 Å². The fourth-order valence-corrected chi connectivity index (χ4v) is 2.59. The first-order valence-corrected chi connectivity index (χ1v) is 6.45. The molecule has 0 N–H and O–H groups in total. The third-order valence-corrected chi connectivity index (χ3v) is 3.70. The van der Waals surface area contributed by atoms with Crippen LogP contribution in [0.3, 0.4) is 0 Å². The Hall–Kier alpha value is -0.540. The topological polar surface area (TPSA) is 17.1 Å². The van der Waals surface area contributed by atoms with Crippen molar-refractivity contribution in [3.05, 3.63) is 0 Å². The van der Waals surface area contributed by atoms with Crippen LogP contribution in [0.1, 0.15) is 58.3 Å². The fraction of sp³-hybridized carbons (Fsp3) is 0.923.